The fourth-order valence-electron chi connectivity index (χ4n) is 2.16. The van der Waals surface area contributed by atoms with Gasteiger partial charge in [0.1, 0.15) is 12.0 Å². The molecule has 0 radical (unpaired) electrons. The molecule has 0 amide bonds. The first-order valence-electron chi connectivity index (χ1n) is 6.50. The number of unbranched alkanes of at least 4 members (excludes halogenated alkanes) is 2. The van der Waals surface area contributed by atoms with Gasteiger partial charge in [0, 0.05) is 6.61 Å². The van der Waals surface area contributed by atoms with Crippen LogP contribution in [0.15, 0.2) is 35.9 Å². The minimum Gasteiger partial charge on any atom is -0.368 e. The summed E-state index contributed by atoms with van der Waals surface area (Å²) in [7, 11) is 0. The molecule has 0 spiro atoms. The van der Waals surface area contributed by atoms with Crippen LogP contribution in [0, 0.1) is 0 Å². The third kappa shape index (κ3) is 2.79. The van der Waals surface area contributed by atoms with Gasteiger partial charge in [-0.2, -0.15) is 0 Å². The smallest absolute Gasteiger partial charge is 0.131 e. The standard InChI is InChI=1S/C16H18O2/c1-2-3-6-11-18-16-14(12-17)10-9-13-7-4-5-8-15(13)16/h4-5,7-10,16H,2-3,6,11H2,1H3. The van der Waals surface area contributed by atoms with Crippen LogP contribution >= 0.6 is 0 Å². The van der Waals surface area contributed by atoms with Crippen molar-refractivity contribution >= 4 is 12.0 Å². The molecule has 0 heterocycles. The van der Waals surface area contributed by atoms with Crippen LogP contribution in [0.1, 0.15) is 43.4 Å². The summed E-state index contributed by atoms with van der Waals surface area (Å²) in [4.78, 5) is 11.0. The van der Waals surface area contributed by atoms with Crippen LogP contribution in [0.2, 0.25) is 0 Å². The second-order valence-electron chi connectivity index (χ2n) is 4.48. The van der Waals surface area contributed by atoms with Crippen LogP contribution in [-0.4, -0.2) is 12.5 Å². The number of hydrogen-bond donors (Lipinski definition) is 0. The van der Waals surface area contributed by atoms with Crippen molar-refractivity contribution in [3.63, 3.8) is 0 Å². The van der Waals surface area contributed by atoms with Gasteiger partial charge in [-0.15, -0.1) is 0 Å². The van der Waals surface area contributed by atoms with Gasteiger partial charge in [-0.25, -0.2) is 4.79 Å². The van der Waals surface area contributed by atoms with Gasteiger partial charge in [0.2, 0.25) is 0 Å². The summed E-state index contributed by atoms with van der Waals surface area (Å²) in [6, 6.07) is 8.02. The first-order valence-corrected chi connectivity index (χ1v) is 6.50. The molecule has 2 rings (SSSR count). The molecule has 0 saturated carbocycles. The van der Waals surface area contributed by atoms with Crippen molar-refractivity contribution in [2.45, 2.75) is 32.3 Å². The molecule has 0 bridgehead atoms. The number of carbonyl (C=O) groups excluding carboxylic acids is 1. The second kappa shape index (κ2) is 6.34. The highest BCUT2D eigenvalue weighted by Crippen LogP contribution is 2.33. The summed E-state index contributed by atoms with van der Waals surface area (Å²) in [5, 5.41) is 0. The summed E-state index contributed by atoms with van der Waals surface area (Å²) >= 11 is 0. The molecule has 94 valence electrons. The van der Waals surface area contributed by atoms with Crippen molar-refractivity contribution in [1.82, 2.24) is 0 Å². The van der Waals surface area contributed by atoms with E-state index in [1.165, 1.54) is 6.42 Å². The molecule has 0 fully saturated rings. The predicted molar refractivity (Wildman–Crippen MR) is 72.9 cm³/mol. The Labute approximate surface area is 108 Å². The van der Waals surface area contributed by atoms with E-state index >= 15 is 0 Å². The van der Waals surface area contributed by atoms with Crippen LogP contribution in [0.25, 0.3) is 6.08 Å². The molecule has 1 aromatic rings. The maximum Gasteiger partial charge on any atom is 0.131 e. The fourth-order valence-corrected chi connectivity index (χ4v) is 2.16. The van der Waals surface area contributed by atoms with Gasteiger partial charge in [-0.1, -0.05) is 50.1 Å². The minimum absolute atomic E-state index is 0.249. The predicted octanol–water partition coefficient (Wildman–Crippen LogP) is 3.72. The Balaban J connectivity index is 2.15. The third-order valence-corrected chi connectivity index (χ3v) is 3.15. The van der Waals surface area contributed by atoms with Crippen molar-refractivity contribution < 1.29 is 9.53 Å². The lowest BCUT2D eigenvalue weighted by molar-refractivity contribution is 0.0768. The average Bonchev–Trinajstić information content (AvgIpc) is 2.43. The highest BCUT2D eigenvalue weighted by molar-refractivity contribution is 5.71. The van der Waals surface area contributed by atoms with Gasteiger partial charge in [0.25, 0.3) is 0 Å². The van der Waals surface area contributed by atoms with E-state index in [0.29, 0.717) is 12.2 Å². The zero-order valence-corrected chi connectivity index (χ0v) is 10.7. The first-order chi connectivity index (χ1) is 8.86. The summed E-state index contributed by atoms with van der Waals surface area (Å²) in [6.07, 6.45) is 6.86. The number of ether oxygens (including phenoxy) is 1. The lowest BCUT2D eigenvalue weighted by atomic mass is 9.92. The van der Waals surface area contributed by atoms with Gasteiger partial charge < -0.3 is 4.74 Å². The Bertz CT molecular complexity index is 482. The molecule has 0 N–H and O–H groups in total. The molecular formula is C16H18O2. The van der Waals surface area contributed by atoms with E-state index in [9.17, 15) is 4.79 Å². The molecule has 1 aliphatic carbocycles. The van der Waals surface area contributed by atoms with Crippen LogP contribution in [0.5, 0.6) is 0 Å². The largest absolute Gasteiger partial charge is 0.368 e. The molecule has 0 aromatic heterocycles. The molecule has 18 heavy (non-hydrogen) atoms. The van der Waals surface area contributed by atoms with Crippen LogP contribution in [0.4, 0.5) is 0 Å². The minimum atomic E-state index is -0.249. The van der Waals surface area contributed by atoms with E-state index in [0.717, 1.165) is 24.0 Å². The van der Waals surface area contributed by atoms with Crippen molar-refractivity contribution in [2.24, 2.45) is 0 Å². The normalized spacial score (nSPS) is 17.4. The van der Waals surface area contributed by atoms with Crippen molar-refractivity contribution in [3.8, 4) is 0 Å². The van der Waals surface area contributed by atoms with Crippen molar-refractivity contribution in [1.29, 1.82) is 0 Å². The molecule has 0 saturated heterocycles. The van der Waals surface area contributed by atoms with Gasteiger partial charge in [-0.3, -0.25) is 0 Å². The van der Waals surface area contributed by atoms with Crippen LogP contribution in [-0.2, 0) is 9.53 Å². The topological polar surface area (TPSA) is 26.3 Å². The number of rotatable bonds is 5. The van der Waals surface area contributed by atoms with E-state index in [-0.39, 0.29) is 6.10 Å². The van der Waals surface area contributed by atoms with Gasteiger partial charge in [-0.05, 0) is 23.6 Å². The fraction of sp³-hybridized carbons (Fsp3) is 0.375. The Morgan fingerprint density at radius 3 is 2.83 bits per heavy atom. The van der Waals surface area contributed by atoms with Gasteiger partial charge in [0.15, 0.2) is 0 Å². The summed E-state index contributed by atoms with van der Waals surface area (Å²) in [5.74, 6) is 1.99. The lowest BCUT2D eigenvalue weighted by Crippen LogP contribution is -2.12. The molecule has 1 aliphatic rings. The second-order valence-corrected chi connectivity index (χ2v) is 4.48. The van der Waals surface area contributed by atoms with E-state index in [4.69, 9.17) is 4.74 Å². The lowest BCUT2D eigenvalue weighted by Gasteiger charge is -2.22. The Morgan fingerprint density at radius 2 is 2.06 bits per heavy atom. The van der Waals surface area contributed by atoms with Gasteiger partial charge in [0.05, 0.1) is 5.57 Å². The summed E-state index contributed by atoms with van der Waals surface area (Å²) in [6.45, 7) is 2.85. The number of hydrogen-bond acceptors (Lipinski definition) is 2. The number of benzene rings is 1. The maximum atomic E-state index is 11.0. The third-order valence-electron chi connectivity index (χ3n) is 3.15. The molecule has 0 aliphatic heterocycles. The zero-order chi connectivity index (χ0) is 12.8. The molecule has 2 nitrogen and oxygen atoms in total. The van der Waals surface area contributed by atoms with Crippen LogP contribution < -0.4 is 0 Å². The van der Waals surface area contributed by atoms with E-state index in [2.05, 4.69) is 6.92 Å². The van der Waals surface area contributed by atoms with E-state index in [1.54, 1.807) is 6.08 Å². The highest BCUT2D eigenvalue weighted by atomic mass is 16.5. The SMILES string of the molecule is CCCCCOC1C(=C=O)C=Cc2ccccc21. The zero-order valence-electron chi connectivity index (χ0n) is 10.7. The van der Waals surface area contributed by atoms with Crippen LogP contribution in [0.3, 0.4) is 0 Å². The van der Waals surface area contributed by atoms with Crippen molar-refractivity contribution in [3.05, 3.63) is 47.0 Å². The molecular weight excluding hydrogens is 224 g/mol. The van der Waals surface area contributed by atoms with Crippen molar-refractivity contribution in [2.75, 3.05) is 6.61 Å². The molecule has 1 atom stereocenters. The van der Waals surface area contributed by atoms with E-state index < -0.39 is 0 Å². The first kappa shape index (κ1) is 12.8. The highest BCUT2D eigenvalue weighted by Gasteiger charge is 2.22. The Hall–Kier alpha value is -1.63. The summed E-state index contributed by atoms with van der Waals surface area (Å²) < 4.78 is 5.86. The maximum absolute atomic E-state index is 11.0. The van der Waals surface area contributed by atoms with Gasteiger partial charge >= 0.3 is 0 Å². The Kier molecular flexibility index (Phi) is 4.52. The molecule has 2 heteroatoms. The number of fused-ring (bicyclic) bond motifs is 1. The monoisotopic (exact) mass is 242 g/mol. The molecule has 1 unspecified atom stereocenters. The summed E-state index contributed by atoms with van der Waals surface area (Å²) in [5.41, 5.74) is 2.78. The molecule has 1 aromatic carbocycles. The Morgan fingerprint density at radius 1 is 1.22 bits per heavy atom. The van der Waals surface area contributed by atoms with E-state index in [1.807, 2.05) is 36.3 Å². The average molecular weight is 242 g/mol. The quantitative estimate of drug-likeness (QED) is 0.581.